The topological polar surface area (TPSA) is 53.7 Å². The second kappa shape index (κ2) is 10.3. The maximum absolute atomic E-state index is 6.39. The summed E-state index contributed by atoms with van der Waals surface area (Å²) >= 11 is 0. The Labute approximate surface area is 125 Å². The Kier molecular flexibility index (Phi) is 10.1. The van der Waals surface area contributed by atoms with Crippen molar-refractivity contribution in [1.29, 1.82) is 0 Å². The van der Waals surface area contributed by atoms with Gasteiger partial charge in [-0.05, 0) is 46.6 Å². The molecule has 118 valence electrons. The van der Waals surface area contributed by atoms with Crippen LogP contribution in [0.25, 0.3) is 0 Å². The minimum atomic E-state index is -2.70. The van der Waals surface area contributed by atoms with Gasteiger partial charge in [-0.1, -0.05) is 12.2 Å². The van der Waals surface area contributed by atoms with Crippen molar-refractivity contribution in [2.75, 3.05) is 19.8 Å². The molecule has 0 bridgehead atoms. The fourth-order valence-electron chi connectivity index (χ4n) is 2.21. The van der Waals surface area contributed by atoms with Crippen LogP contribution in [-0.4, -0.2) is 34.2 Å². The van der Waals surface area contributed by atoms with E-state index in [1.54, 1.807) is 0 Å². The molecule has 0 saturated heterocycles. The molecule has 0 aliphatic rings. The molecule has 0 aliphatic heterocycles. The molecule has 0 atom stereocenters. The summed E-state index contributed by atoms with van der Waals surface area (Å²) in [5.41, 5.74) is 5.25. The predicted octanol–water partition coefficient (Wildman–Crippen LogP) is 3.27. The van der Waals surface area contributed by atoms with Gasteiger partial charge in [-0.2, -0.15) is 0 Å². The quantitative estimate of drug-likeness (QED) is 0.419. The van der Waals surface area contributed by atoms with Crippen molar-refractivity contribution in [3.63, 3.8) is 0 Å². The van der Waals surface area contributed by atoms with Gasteiger partial charge in [0.1, 0.15) is 0 Å². The van der Waals surface area contributed by atoms with E-state index >= 15 is 0 Å². The molecule has 0 rings (SSSR count). The number of nitrogens with two attached hydrogens (primary N) is 1. The van der Waals surface area contributed by atoms with Crippen molar-refractivity contribution in [2.24, 2.45) is 5.73 Å². The third-order valence-corrected chi connectivity index (χ3v) is 6.20. The molecule has 0 amide bonds. The molecule has 0 fully saturated rings. The van der Waals surface area contributed by atoms with Crippen LogP contribution >= 0.6 is 0 Å². The molecule has 0 aromatic carbocycles. The highest BCUT2D eigenvalue weighted by atomic mass is 28.4. The van der Waals surface area contributed by atoms with Crippen LogP contribution in [0.15, 0.2) is 25.3 Å². The van der Waals surface area contributed by atoms with Gasteiger partial charge in [0.2, 0.25) is 0 Å². The van der Waals surface area contributed by atoms with Crippen molar-refractivity contribution < 1.29 is 13.3 Å². The average Bonchev–Trinajstić information content (AvgIpc) is 2.37. The molecule has 4 nitrogen and oxygen atoms in total. The van der Waals surface area contributed by atoms with Crippen LogP contribution in [0, 0.1) is 0 Å². The van der Waals surface area contributed by atoms with Crippen LogP contribution in [-0.2, 0) is 13.3 Å². The summed E-state index contributed by atoms with van der Waals surface area (Å²) in [4.78, 5) is 0. The normalized spacial score (nSPS) is 12.4. The van der Waals surface area contributed by atoms with Crippen LogP contribution in [0.4, 0.5) is 0 Å². The molecular weight excluding hydrogens is 270 g/mol. The van der Waals surface area contributed by atoms with Crippen molar-refractivity contribution in [3.8, 4) is 0 Å². The Hall–Kier alpha value is -0.463. The first-order valence-electron chi connectivity index (χ1n) is 7.41. The molecule has 0 aromatic rings. The largest absolute Gasteiger partial charge is 0.501 e. The number of hydrogen-bond acceptors (Lipinski definition) is 4. The first-order chi connectivity index (χ1) is 9.51. The van der Waals surface area contributed by atoms with Crippen molar-refractivity contribution >= 4 is 8.80 Å². The molecule has 0 saturated carbocycles. The fourth-order valence-corrected chi connectivity index (χ4v) is 5.23. The Morgan fingerprint density at radius 2 is 1.60 bits per heavy atom. The van der Waals surface area contributed by atoms with E-state index < -0.39 is 8.80 Å². The summed E-state index contributed by atoms with van der Waals surface area (Å²) < 4.78 is 18.2. The van der Waals surface area contributed by atoms with E-state index in [0.717, 1.165) is 25.3 Å². The van der Waals surface area contributed by atoms with E-state index in [1.807, 2.05) is 26.0 Å². The SMILES string of the molecule is C=CCC(C)(CC=C)O[Si](CCCN)(OCC)OCC. The van der Waals surface area contributed by atoms with Crippen LogP contribution in [0.3, 0.4) is 0 Å². The molecule has 20 heavy (non-hydrogen) atoms. The van der Waals surface area contributed by atoms with Crippen molar-refractivity contribution in [2.45, 2.75) is 51.7 Å². The Morgan fingerprint density at radius 1 is 1.10 bits per heavy atom. The highest BCUT2D eigenvalue weighted by Gasteiger charge is 2.45. The summed E-state index contributed by atoms with van der Waals surface area (Å²) in [6, 6.07) is 0.745. The van der Waals surface area contributed by atoms with Gasteiger partial charge in [0.15, 0.2) is 0 Å². The lowest BCUT2D eigenvalue weighted by Gasteiger charge is -2.38. The smallest absolute Gasteiger partial charge is 0.374 e. The Bertz CT molecular complexity index is 268. The van der Waals surface area contributed by atoms with E-state index in [2.05, 4.69) is 20.1 Å². The van der Waals surface area contributed by atoms with E-state index in [4.69, 9.17) is 19.0 Å². The summed E-state index contributed by atoms with van der Waals surface area (Å²) in [6.45, 7) is 15.4. The van der Waals surface area contributed by atoms with E-state index in [1.165, 1.54) is 0 Å². The van der Waals surface area contributed by atoms with Crippen LogP contribution in [0.2, 0.25) is 6.04 Å². The fraction of sp³-hybridized carbons (Fsp3) is 0.733. The summed E-state index contributed by atoms with van der Waals surface area (Å²) in [5.74, 6) is 0. The molecule has 5 heteroatoms. The van der Waals surface area contributed by atoms with Crippen molar-refractivity contribution in [1.82, 2.24) is 0 Å². The van der Waals surface area contributed by atoms with Crippen LogP contribution in [0.1, 0.15) is 40.0 Å². The predicted molar refractivity (Wildman–Crippen MR) is 86.6 cm³/mol. The summed E-state index contributed by atoms with van der Waals surface area (Å²) in [6.07, 6.45) is 6.03. The standard InChI is InChI=1S/C15H31NO3Si/c1-6-11-15(5,12-7-2)19-20(17-8-3,18-9-4)14-10-13-16/h6-7H,1-2,8-14,16H2,3-5H3. The Balaban J connectivity index is 5.13. The molecule has 0 aliphatic carbocycles. The van der Waals surface area contributed by atoms with Gasteiger partial charge >= 0.3 is 8.80 Å². The third-order valence-electron chi connectivity index (χ3n) is 2.97. The maximum Gasteiger partial charge on any atom is 0.501 e. The summed E-state index contributed by atoms with van der Waals surface area (Å²) in [7, 11) is -2.70. The van der Waals surface area contributed by atoms with Gasteiger partial charge in [0.05, 0.1) is 5.60 Å². The highest BCUT2D eigenvalue weighted by molar-refractivity contribution is 6.60. The first kappa shape index (κ1) is 19.5. The van der Waals surface area contributed by atoms with Gasteiger partial charge in [0.25, 0.3) is 0 Å². The van der Waals surface area contributed by atoms with Crippen LogP contribution in [0.5, 0.6) is 0 Å². The zero-order chi connectivity index (χ0) is 15.5. The zero-order valence-electron chi connectivity index (χ0n) is 13.3. The van der Waals surface area contributed by atoms with Gasteiger partial charge < -0.3 is 19.0 Å². The molecule has 0 unspecified atom stereocenters. The zero-order valence-corrected chi connectivity index (χ0v) is 14.3. The maximum atomic E-state index is 6.39. The number of hydrogen-bond donors (Lipinski definition) is 1. The lowest BCUT2D eigenvalue weighted by Crippen LogP contribution is -2.52. The minimum absolute atomic E-state index is 0.380. The highest BCUT2D eigenvalue weighted by Crippen LogP contribution is 2.30. The first-order valence-corrected chi connectivity index (χ1v) is 9.34. The molecule has 0 radical (unpaired) electrons. The van der Waals surface area contributed by atoms with Crippen molar-refractivity contribution in [3.05, 3.63) is 25.3 Å². The van der Waals surface area contributed by atoms with Gasteiger partial charge in [-0.25, -0.2) is 0 Å². The molecule has 2 N–H and O–H groups in total. The monoisotopic (exact) mass is 301 g/mol. The average molecular weight is 302 g/mol. The lowest BCUT2D eigenvalue weighted by molar-refractivity contribution is -0.0172. The van der Waals surface area contributed by atoms with E-state index in [-0.39, 0.29) is 5.60 Å². The van der Waals surface area contributed by atoms with Gasteiger partial charge in [0, 0.05) is 19.3 Å². The molecule has 0 heterocycles. The Morgan fingerprint density at radius 3 is 1.95 bits per heavy atom. The van der Waals surface area contributed by atoms with Gasteiger partial charge in [-0.15, -0.1) is 13.2 Å². The third kappa shape index (κ3) is 6.81. The van der Waals surface area contributed by atoms with E-state index in [9.17, 15) is 0 Å². The second-order valence-corrected chi connectivity index (χ2v) is 7.63. The molecule has 0 spiro atoms. The minimum Gasteiger partial charge on any atom is -0.374 e. The van der Waals surface area contributed by atoms with Crippen LogP contribution < -0.4 is 5.73 Å². The number of rotatable bonds is 13. The molecule has 0 aromatic heterocycles. The lowest BCUT2D eigenvalue weighted by atomic mass is 9.99. The second-order valence-electron chi connectivity index (χ2n) is 4.98. The van der Waals surface area contributed by atoms with Gasteiger partial charge in [-0.3, -0.25) is 0 Å². The van der Waals surface area contributed by atoms with E-state index in [0.29, 0.717) is 19.8 Å². The summed E-state index contributed by atoms with van der Waals surface area (Å²) in [5, 5.41) is 0. The molecular formula is C15H31NO3Si.